The molecular formula is C24H30N4O4S3. The highest BCUT2D eigenvalue weighted by Crippen LogP contribution is 2.34. The van der Waals surface area contributed by atoms with Gasteiger partial charge in [0.15, 0.2) is 11.5 Å². The highest BCUT2D eigenvalue weighted by molar-refractivity contribution is 8.26. The van der Waals surface area contributed by atoms with E-state index in [1.807, 2.05) is 18.2 Å². The second-order valence-corrected chi connectivity index (χ2v) is 10.6. The van der Waals surface area contributed by atoms with Crippen molar-refractivity contribution in [3.05, 3.63) is 33.7 Å². The number of hydrogen-bond acceptors (Lipinski definition) is 9. The van der Waals surface area contributed by atoms with Crippen LogP contribution < -0.4 is 14.8 Å². The number of aryl methyl sites for hydroxylation is 1. The van der Waals surface area contributed by atoms with Gasteiger partial charge in [0.05, 0.1) is 19.1 Å². The zero-order valence-corrected chi connectivity index (χ0v) is 22.6. The Balaban J connectivity index is 1.42. The average Bonchev–Trinajstić information content (AvgIpc) is 3.40. The Morgan fingerprint density at radius 2 is 1.94 bits per heavy atom. The average molecular weight is 535 g/mol. The fraction of sp³-hybridized carbons (Fsp3) is 0.458. The quantitative estimate of drug-likeness (QED) is 0.210. The Morgan fingerprint density at radius 3 is 2.69 bits per heavy atom. The number of carbonyl (C=O) groups excluding carboxylic acids is 2. The first-order valence-corrected chi connectivity index (χ1v) is 13.6. The van der Waals surface area contributed by atoms with E-state index in [9.17, 15) is 9.59 Å². The number of nitrogens with one attached hydrogen (secondary N) is 1. The Labute approximate surface area is 219 Å². The lowest BCUT2D eigenvalue weighted by Crippen LogP contribution is -2.29. The Hall–Kier alpha value is -2.50. The van der Waals surface area contributed by atoms with Crippen LogP contribution in [0.4, 0.5) is 5.13 Å². The molecule has 1 aliphatic heterocycles. The predicted octanol–water partition coefficient (Wildman–Crippen LogP) is 5.30. The number of rotatable bonds is 13. The molecule has 2 aromatic rings. The van der Waals surface area contributed by atoms with E-state index in [0.29, 0.717) is 38.8 Å². The van der Waals surface area contributed by atoms with Crippen LogP contribution in [0.1, 0.15) is 56.0 Å². The molecular weight excluding hydrogens is 504 g/mol. The first-order chi connectivity index (χ1) is 16.9. The number of ether oxygens (including phenoxy) is 2. The molecule has 1 N–H and O–H groups in total. The zero-order valence-electron chi connectivity index (χ0n) is 20.2. The summed E-state index contributed by atoms with van der Waals surface area (Å²) in [7, 11) is 3.16. The smallest absolute Gasteiger partial charge is 0.266 e. The standard InChI is InChI=1S/C24H30N4O4S3/c1-4-5-10-21-26-27-23(35-21)25-20(29)9-7-6-8-13-28-22(30)19(34-24(28)33)15-16-11-12-17(31-2)18(14-16)32-3/h11-12,14-15H,4-10,13H2,1-3H3,(H,25,27,29)/b19-15-. The van der Waals surface area contributed by atoms with Gasteiger partial charge in [-0.25, -0.2) is 0 Å². The summed E-state index contributed by atoms with van der Waals surface area (Å²) in [5.41, 5.74) is 0.835. The summed E-state index contributed by atoms with van der Waals surface area (Å²) >= 11 is 8.16. The summed E-state index contributed by atoms with van der Waals surface area (Å²) in [6, 6.07) is 5.49. The van der Waals surface area contributed by atoms with Gasteiger partial charge in [0, 0.05) is 19.4 Å². The third-order valence-corrected chi connectivity index (χ3v) is 7.60. The SMILES string of the molecule is CCCCc1nnc(NC(=O)CCCCCN2C(=O)/C(=C/c3ccc(OC)c(OC)c3)SC2=S)s1. The number of amides is 2. The monoisotopic (exact) mass is 534 g/mol. The molecule has 0 radical (unpaired) electrons. The maximum atomic E-state index is 12.9. The number of nitrogens with zero attached hydrogens (tertiary/aromatic N) is 3. The number of hydrogen-bond donors (Lipinski definition) is 1. The van der Waals surface area contributed by atoms with E-state index in [1.54, 1.807) is 25.2 Å². The van der Waals surface area contributed by atoms with Gasteiger partial charge in [-0.2, -0.15) is 0 Å². The van der Waals surface area contributed by atoms with Gasteiger partial charge in [-0.3, -0.25) is 14.5 Å². The van der Waals surface area contributed by atoms with Crippen LogP contribution >= 0.6 is 35.3 Å². The summed E-state index contributed by atoms with van der Waals surface area (Å²) in [5, 5.41) is 12.5. The van der Waals surface area contributed by atoms with Crippen LogP contribution in [0, 0.1) is 0 Å². The van der Waals surface area contributed by atoms with Gasteiger partial charge >= 0.3 is 0 Å². The van der Waals surface area contributed by atoms with Gasteiger partial charge in [0.2, 0.25) is 11.0 Å². The number of anilines is 1. The first kappa shape index (κ1) is 27.1. The molecule has 0 bridgehead atoms. The number of aromatic nitrogens is 2. The first-order valence-electron chi connectivity index (χ1n) is 11.5. The van der Waals surface area contributed by atoms with Gasteiger partial charge < -0.3 is 14.8 Å². The van der Waals surface area contributed by atoms with Crippen LogP contribution in [-0.4, -0.2) is 52.0 Å². The summed E-state index contributed by atoms with van der Waals surface area (Å²) in [4.78, 5) is 27.2. The van der Waals surface area contributed by atoms with Crippen LogP contribution in [0.5, 0.6) is 11.5 Å². The molecule has 0 aliphatic carbocycles. The van der Waals surface area contributed by atoms with Crippen molar-refractivity contribution in [2.45, 2.75) is 51.9 Å². The number of thiocarbonyl (C=S) groups is 1. The Bertz CT molecular complexity index is 1090. The largest absolute Gasteiger partial charge is 0.493 e. The molecule has 1 aromatic heterocycles. The zero-order chi connectivity index (χ0) is 25.2. The van der Waals surface area contributed by atoms with E-state index in [4.69, 9.17) is 21.7 Å². The second-order valence-electron chi connectivity index (χ2n) is 7.91. The summed E-state index contributed by atoms with van der Waals surface area (Å²) in [6.07, 6.45) is 7.59. The fourth-order valence-corrected chi connectivity index (χ4v) is 5.54. The van der Waals surface area contributed by atoms with E-state index < -0.39 is 0 Å². The normalized spacial score (nSPS) is 14.6. The van der Waals surface area contributed by atoms with Crippen LogP contribution in [0.15, 0.2) is 23.1 Å². The lowest BCUT2D eigenvalue weighted by molar-refractivity contribution is -0.122. The molecule has 188 valence electrons. The minimum atomic E-state index is -0.0947. The number of benzene rings is 1. The van der Waals surface area contributed by atoms with E-state index in [-0.39, 0.29) is 11.8 Å². The summed E-state index contributed by atoms with van der Waals surface area (Å²) < 4.78 is 11.1. The molecule has 0 spiro atoms. The van der Waals surface area contributed by atoms with Crippen LogP contribution in [0.2, 0.25) is 0 Å². The maximum Gasteiger partial charge on any atom is 0.266 e. The molecule has 2 heterocycles. The van der Waals surface area contributed by atoms with Crippen molar-refractivity contribution in [1.29, 1.82) is 0 Å². The molecule has 2 amide bonds. The molecule has 11 heteroatoms. The summed E-state index contributed by atoms with van der Waals surface area (Å²) in [5.74, 6) is 1.07. The van der Waals surface area contributed by atoms with E-state index in [1.165, 1.54) is 23.1 Å². The molecule has 1 aromatic carbocycles. The molecule has 35 heavy (non-hydrogen) atoms. The minimum absolute atomic E-state index is 0.0633. The molecule has 1 fully saturated rings. The lowest BCUT2D eigenvalue weighted by atomic mass is 10.1. The summed E-state index contributed by atoms with van der Waals surface area (Å²) in [6.45, 7) is 2.66. The highest BCUT2D eigenvalue weighted by Gasteiger charge is 2.31. The van der Waals surface area contributed by atoms with Crippen molar-refractivity contribution in [2.75, 3.05) is 26.1 Å². The van der Waals surface area contributed by atoms with E-state index >= 15 is 0 Å². The maximum absolute atomic E-state index is 12.9. The molecule has 1 saturated heterocycles. The number of unbranched alkanes of at least 4 members (excludes halogenated alkanes) is 3. The molecule has 0 atom stereocenters. The van der Waals surface area contributed by atoms with Gasteiger partial charge in [-0.1, -0.05) is 61.1 Å². The van der Waals surface area contributed by atoms with Crippen molar-refractivity contribution in [2.24, 2.45) is 0 Å². The van der Waals surface area contributed by atoms with Crippen LogP contribution in [0.25, 0.3) is 6.08 Å². The molecule has 0 unspecified atom stereocenters. The predicted molar refractivity (Wildman–Crippen MR) is 145 cm³/mol. The van der Waals surface area contributed by atoms with Crippen molar-refractivity contribution >= 4 is 62.7 Å². The molecule has 1 aliphatic rings. The topological polar surface area (TPSA) is 93.7 Å². The lowest BCUT2D eigenvalue weighted by Gasteiger charge is -2.14. The Kier molecular flexibility index (Phi) is 10.5. The van der Waals surface area contributed by atoms with Gasteiger partial charge in [0.1, 0.15) is 9.33 Å². The highest BCUT2D eigenvalue weighted by atomic mass is 32.2. The van der Waals surface area contributed by atoms with Crippen molar-refractivity contribution in [3.63, 3.8) is 0 Å². The minimum Gasteiger partial charge on any atom is -0.493 e. The third-order valence-electron chi connectivity index (χ3n) is 5.32. The van der Waals surface area contributed by atoms with Gasteiger partial charge in [0.25, 0.3) is 5.91 Å². The Morgan fingerprint density at radius 1 is 1.14 bits per heavy atom. The fourth-order valence-electron chi connectivity index (χ4n) is 3.43. The number of methoxy groups -OCH3 is 2. The number of thioether (sulfide) groups is 1. The number of carbonyl (C=O) groups is 2. The van der Waals surface area contributed by atoms with E-state index in [0.717, 1.165) is 49.1 Å². The van der Waals surface area contributed by atoms with Crippen molar-refractivity contribution in [3.8, 4) is 11.5 Å². The second kappa shape index (κ2) is 13.6. The van der Waals surface area contributed by atoms with Crippen LogP contribution in [-0.2, 0) is 16.0 Å². The third kappa shape index (κ3) is 7.74. The van der Waals surface area contributed by atoms with E-state index in [2.05, 4.69) is 22.4 Å². The molecule has 8 nitrogen and oxygen atoms in total. The van der Waals surface area contributed by atoms with Gasteiger partial charge in [-0.15, -0.1) is 10.2 Å². The van der Waals surface area contributed by atoms with Crippen molar-refractivity contribution in [1.82, 2.24) is 15.1 Å². The molecule has 0 saturated carbocycles. The molecule has 3 rings (SSSR count). The van der Waals surface area contributed by atoms with Crippen molar-refractivity contribution < 1.29 is 19.1 Å². The van der Waals surface area contributed by atoms with Gasteiger partial charge in [-0.05, 0) is 43.0 Å². The van der Waals surface area contributed by atoms with Crippen LogP contribution in [0.3, 0.4) is 0 Å².